The van der Waals surface area contributed by atoms with E-state index >= 15 is 0 Å². The molecule has 0 N–H and O–H groups in total. The van der Waals surface area contributed by atoms with Crippen LogP contribution in [0.3, 0.4) is 0 Å². The van der Waals surface area contributed by atoms with E-state index in [4.69, 9.17) is 4.42 Å². The van der Waals surface area contributed by atoms with Gasteiger partial charge in [-0.1, -0.05) is 6.92 Å². The second-order valence-corrected chi connectivity index (χ2v) is 3.67. The first kappa shape index (κ1) is 11.3. The van der Waals surface area contributed by atoms with Gasteiger partial charge >= 0.3 is 0 Å². The van der Waals surface area contributed by atoms with Crippen molar-refractivity contribution in [1.82, 2.24) is 4.98 Å². The van der Waals surface area contributed by atoms with Crippen LogP contribution in [0.4, 0.5) is 5.69 Å². The number of nitro groups is 1. The largest absolute Gasteiger partial charge is 0.441 e. The molecular weight excluding hydrogens is 220 g/mol. The topological polar surface area (TPSA) is 69.2 Å². The highest BCUT2D eigenvalue weighted by molar-refractivity contribution is 5.58. The molecule has 1 aromatic carbocycles. The highest BCUT2D eigenvalue weighted by Gasteiger charge is 2.08. The molecule has 0 fully saturated rings. The smallest absolute Gasteiger partial charge is 0.269 e. The van der Waals surface area contributed by atoms with Crippen molar-refractivity contribution in [2.24, 2.45) is 0 Å². The number of hydrogen-bond acceptors (Lipinski definition) is 4. The summed E-state index contributed by atoms with van der Waals surface area (Å²) in [6.07, 6.45) is 3.42. The van der Waals surface area contributed by atoms with Crippen molar-refractivity contribution in [1.29, 1.82) is 0 Å². The number of aryl methyl sites for hydroxylation is 1. The molecule has 0 saturated heterocycles. The molecule has 2 aromatic rings. The Morgan fingerprint density at radius 2 is 2.06 bits per heavy atom. The van der Waals surface area contributed by atoms with Crippen LogP contribution in [0.15, 0.2) is 34.9 Å². The third-order valence-electron chi connectivity index (χ3n) is 2.38. The Hall–Kier alpha value is -2.17. The fraction of sp³-hybridized carbons (Fsp3) is 0.250. The van der Waals surface area contributed by atoms with E-state index in [1.54, 1.807) is 18.3 Å². The number of non-ortho nitro benzene ring substituents is 1. The molecule has 0 saturated carbocycles. The summed E-state index contributed by atoms with van der Waals surface area (Å²) in [5, 5.41) is 10.5. The van der Waals surface area contributed by atoms with Gasteiger partial charge < -0.3 is 4.42 Å². The summed E-state index contributed by atoms with van der Waals surface area (Å²) in [6, 6.07) is 6.23. The van der Waals surface area contributed by atoms with Crippen LogP contribution in [0.5, 0.6) is 0 Å². The van der Waals surface area contributed by atoms with Gasteiger partial charge in [-0.3, -0.25) is 10.1 Å². The van der Waals surface area contributed by atoms with Crippen LogP contribution < -0.4 is 0 Å². The third kappa shape index (κ3) is 2.50. The summed E-state index contributed by atoms with van der Waals surface area (Å²) in [5.41, 5.74) is 0.868. The molecule has 0 unspecified atom stereocenters. The maximum Gasteiger partial charge on any atom is 0.269 e. The Bertz CT molecular complexity index is 517. The van der Waals surface area contributed by atoms with Gasteiger partial charge in [0.1, 0.15) is 0 Å². The lowest BCUT2D eigenvalue weighted by molar-refractivity contribution is -0.384. The molecule has 88 valence electrons. The van der Waals surface area contributed by atoms with Crippen molar-refractivity contribution >= 4 is 5.69 Å². The van der Waals surface area contributed by atoms with Gasteiger partial charge in [0.15, 0.2) is 11.7 Å². The number of oxazole rings is 1. The van der Waals surface area contributed by atoms with Gasteiger partial charge in [-0.15, -0.1) is 0 Å². The second-order valence-electron chi connectivity index (χ2n) is 3.67. The molecule has 2 rings (SSSR count). The van der Waals surface area contributed by atoms with Crippen LogP contribution in [0.25, 0.3) is 11.3 Å². The van der Waals surface area contributed by atoms with Crippen LogP contribution in [-0.2, 0) is 6.42 Å². The number of nitrogens with zero attached hydrogens (tertiary/aromatic N) is 2. The van der Waals surface area contributed by atoms with Gasteiger partial charge in [-0.25, -0.2) is 4.98 Å². The summed E-state index contributed by atoms with van der Waals surface area (Å²) in [7, 11) is 0. The molecule has 0 aliphatic rings. The standard InChI is InChI=1S/C12H12N2O3/c1-2-3-12-13-8-11(17-12)9-4-6-10(7-5-9)14(15)16/h4-8H,2-3H2,1H3. The lowest BCUT2D eigenvalue weighted by Gasteiger charge is -1.95. The van der Waals surface area contributed by atoms with Crippen LogP contribution in [0, 0.1) is 10.1 Å². The Morgan fingerprint density at radius 1 is 1.35 bits per heavy atom. The van der Waals surface area contributed by atoms with Crippen molar-refractivity contribution in [2.45, 2.75) is 19.8 Å². The molecule has 17 heavy (non-hydrogen) atoms. The van der Waals surface area contributed by atoms with Crippen LogP contribution in [-0.4, -0.2) is 9.91 Å². The first-order valence-corrected chi connectivity index (χ1v) is 5.40. The monoisotopic (exact) mass is 232 g/mol. The van der Waals surface area contributed by atoms with Crippen molar-refractivity contribution in [3.8, 4) is 11.3 Å². The van der Waals surface area contributed by atoms with E-state index < -0.39 is 4.92 Å². The molecule has 0 amide bonds. The Morgan fingerprint density at radius 3 is 2.65 bits per heavy atom. The summed E-state index contributed by atoms with van der Waals surface area (Å²) in [6.45, 7) is 2.05. The van der Waals surface area contributed by atoms with Crippen molar-refractivity contribution in [2.75, 3.05) is 0 Å². The first-order chi connectivity index (χ1) is 8.20. The molecule has 0 aliphatic carbocycles. The minimum atomic E-state index is -0.424. The molecule has 5 nitrogen and oxygen atoms in total. The van der Waals surface area contributed by atoms with Crippen LogP contribution in [0.2, 0.25) is 0 Å². The predicted molar refractivity (Wildman–Crippen MR) is 62.6 cm³/mol. The average Bonchev–Trinajstić information content (AvgIpc) is 2.78. The van der Waals surface area contributed by atoms with Gasteiger partial charge in [0.2, 0.25) is 0 Å². The molecule has 0 atom stereocenters. The average molecular weight is 232 g/mol. The maximum atomic E-state index is 10.5. The normalized spacial score (nSPS) is 10.4. The second kappa shape index (κ2) is 4.78. The molecule has 0 spiro atoms. The predicted octanol–water partition coefficient (Wildman–Crippen LogP) is 3.20. The highest BCUT2D eigenvalue weighted by Crippen LogP contribution is 2.23. The molecule has 0 radical (unpaired) electrons. The van der Waals surface area contributed by atoms with E-state index in [1.807, 2.05) is 0 Å². The lowest BCUT2D eigenvalue weighted by Crippen LogP contribution is -1.86. The zero-order valence-electron chi connectivity index (χ0n) is 9.42. The fourth-order valence-corrected chi connectivity index (χ4v) is 1.52. The zero-order valence-corrected chi connectivity index (χ0v) is 9.42. The van der Waals surface area contributed by atoms with E-state index in [-0.39, 0.29) is 5.69 Å². The summed E-state index contributed by atoms with van der Waals surface area (Å²) >= 11 is 0. The van der Waals surface area contributed by atoms with Crippen molar-refractivity contribution < 1.29 is 9.34 Å². The number of aromatic nitrogens is 1. The van der Waals surface area contributed by atoms with E-state index in [2.05, 4.69) is 11.9 Å². The van der Waals surface area contributed by atoms with E-state index in [1.165, 1.54) is 12.1 Å². The van der Waals surface area contributed by atoms with Gasteiger partial charge in [-0.2, -0.15) is 0 Å². The van der Waals surface area contributed by atoms with Gasteiger partial charge in [0.25, 0.3) is 5.69 Å². The molecule has 0 aliphatic heterocycles. The third-order valence-corrected chi connectivity index (χ3v) is 2.38. The molecule has 5 heteroatoms. The Balaban J connectivity index is 2.23. The minimum absolute atomic E-state index is 0.0713. The molecular formula is C12H12N2O3. The van der Waals surface area contributed by atoms with Crippen LogP contribution in [0.1, 0.15) is 19.2 Å². The molecule has 0 bridgehead atoms. The van der Waals surface area contributed by atoms with E-state index in [9.17, 15) is 10.1 Å². The zero-order chi connectivity index (χ0) is 12.3. The lowest BCUT2D eigenvalue weighted by atomic mass is 10.2. The number of benzene rings is 1. The summed E-state index contributed by atoms with van der Waals surface area (Å²) in [4.78, 5) is 14.2. The van der Waals surface area contributed by atoms with E-state index in [0.29, 0.717) is 11.7 Å². The maximum absolute atomic E-state index is 10.5. The number of nitro benzene ring substituents is 1. The molecule has 1 aromatic heterocycles. The SMILES string of the molecule is CCCc1ncc(-c2ccc([N+](=O)[O-])cc2)o1. The minimum Gasteiger partial charge on any atom is -0.441 e. The van der Waals surface area contributed by atoms with Gasteiger partial charge in [-0.05, 0) is 18.6 Å². The fourth-order valence-electron chi connectivity index (χ4n) is 1.52. The highest BCUT2D eigenvalue weighted by atomic mass is 16.6. The number of rotatable bonds is 4. The van der Waals surface area contributed by atoms with Crippen LogP contribution >= 0.6 is 0 Å². The van der Waals surface area contributed by atoms with Crippen molar-refractivity contribution in [3.63, 3.8) is 0 Å². The van der Waals surface area contributed by atoms with Gasteiger partial charge in [0, 0.05) is 24.1 Å². The van der Waals surface area contributed by atoms with Gasteiger partial charge in [0.05, 0.1) is 11.1 Å². The Labute approximate surface area is 98.3 Å². The molecule has 1 heterocycles. The first-order valence-electron chi connectivity index (χ1n) is 5.40. The van der Waals surface area contributed by atoms with Crippen molar-refractivity contribution in [3.05, 3.63) is 46.5 Å². The Kier molecular flexibility index (Phi) is 3.18. The summed E-state index contributed by atoms with van der Waals surface area (Å²) < 4.78 is 5.53. The summed E-state index contributed by atoms with van der Waals surface area (Å²) in [5.74, 6) is 1.34. The quantitative estimate of drug-likeness (QED) is 0.599. The number of hydrogen-bond donors (Lipinski definition) is 0. The van der Waals surface area contributed by atoms with E-state index in [0.717, 1.165) is 18.4 Å².